The number of ketones is 1. The number of rotatable bonds is 7. The van der Waals surface area contributed by atoms with Gasteiger partial charge in [-0.15, -0.1) is 0 Å². The van der Waals surface area contributed by atoms with Crippen molar-refractivity contribution in [1.82, 2.24) is 4.90 Å². The summed E-state index contributed by atoms with van der Waals surface area (Å²) in [6.45, 7) is 2.47. The summed E-state index contributed by atoms with van der Waals surface area (Å²) in [7, 11) is 1.53. The number of methoxy groups -OCH3 is 1. The van der Waals surface area contributed by atoms with Crippen molar-refractivity contribution >= 4 is 17.8 Å². The third kappa shape index (κ3) is 5.48. The predicted octanol–water partition coefficient (Wildman–Crippen LogP) is 4.51. The van der Waals surface area contributed by atoms with E-state index in [9.17, 15) is 18.4 Å². The fourth-order valence-electron chi connectivity index (χ4n) is 3.63. The Balaban J connectivity index is 1.55. The molecule has 1 heterocycles. The molecule has 2 aromatic carbocycles. The van der Waals surface area contributed by atoms with Crippen LogP contribution in [0.4, 0.5) is 8.78 Å². The van der Waals surface area contributed by atoms with Gasteiger partial charge in [0.1, 0.15) is 11.6 Å². The Morgan fingerprint density at radius 2 is 1.84 bits per heavy atom. The van der Waals surface area contributed by atoms with Crippen molar-refractivity contribution in [1.29, 1.82) is 0 Å². The van der Waals surface area contributed by atoms with Crippen molar-refractivity contribution in [3.63, 3.8) is 0 Å². The Hall–Kier alpha value is -3.22. The number of amides is 1. The van der Waals surface area contributed by atoms with Gasteiger partial charge in [0.15, 0.2) is 23.9 Å². The summed E-state index contributed by atoms with van der Waals surface area (Å²) in [4.78, 5) is 26.7. The van der Waals surface area contributed by atoms with Crippen LogP contribution in [0.2, 0.25) is 0 Å². The number of allylic oxidation sites excluding steroid dienone is 1. The molecule has 1 fully saturated rings. The monoisotopic (exact) mass is 429 g/mol. The normalized spacial score (nSPS) is 14.6. The number of carbonyl (C=O) groups excluding carboxylic acids is 2. The van der Waals surface area contributed by atoms with Gasteiger partial charge in [0, 0.05) is 19.0 Å². The van der Waals surface area contributed by atoms with Crippen LogP contribution in [0.25, 0.3) is 6.08 Å². The SMILES string of the molecule is C/C=C/c1ccc(OCC(=O)N2CCC(C(=O)c3cc(F)ccc3F)CC2)c(OC)c1. The second-order valence-electron chi connectivity index (χ2n) is 7.34. The van der Waals surface area contributed by atoms with Crippen molar-refractivity contribution in [3.05, 3.63) is 65.2 Å². The molecule has 0 aromatic heterocycles. The number of halogens is 2. The number of Topliss-reactive ketones (excluding diaryl/α,β-unsaturated/α-hetero) is 1. The van der Waals surface area contributed by atoms with Crippen molar-refractivity contribution in [2.75, 3.05) is 26.8 Å². The smallest absolute Gasteiger partial charge is 0.260 e. The zero-order valence-corrected chi connectivity index (χ0v) is 17.6. The van der Waals surface area contributed by atoms with E-state index in [0.717, 1.165) is 23.8 Å². The molecule has 0 radical (unpaired) electrons. The Bertz CT molecular complexity index is 982. The molecule has 0 N–H and O–H groups in total. The van der Waals surface area contributed by atoms with Crippen molar-refractivity contribution in [2.45, 2.75) is 19.8 Å². The Labute approximate surface area is 180 Å². The minimum Gasteiger partial charge on any atom is -0.493 e. The number of hydrogen-bond donors (Lipinski definition) is 0. The second-order valence-corrected chi connectivity index (χ2v) is 7.34. The highest BCUT2D eigenvalue weighted by Gasteiger charge is 2.29. The van der Waals surface area contributed by atoms with Crippen LogP contribution in [0.5, 0.6) is 11.5 Å². The summed E-state index contributed by atoms with van der Waals surface area (Å²) < 4.78 is 38.3. The van der Waals surface area contributed by atoms with Gasteiger partial charge in [-0.1, -0.05) is 18.2 Å². The molecule has 5 nitrogen and oxygen atoms in total. The lowest BCUT2D eigenvalue weighted by Crippen LogP contribution is -2.42. The largest absolute Gasteiger partial charge is 0.493 e. The van der Waals surface area contributed by atoms with Gasteiger partial charge in [-0.2, -0.15) is 0 Å². The number of piperidine rings is 1. The van der Waals surface area contributed by atoms with Crippen LogP contribution in [-0.4, -0.2) is 43.4 Å². The molecule has 0 spiro atoms. The average molecular weight is 429 g/mol. The third-order valence-corrected chi connectivity index (χ3v) is 5.31. The summed E-state index contributed by atoms with van der Waals surface area (Å²) in [6, 6.07) is 8.31. The summed E-state index contributed by atoms with van der Waals surface area (Å²) >= 11 is 0. The molecular formula is C24H25F2NO4. The topological polar surface area (TPSA) is 55.8 Å². The molecule has 0 atom stereocenters. The highest BCUT2D eigenvalue weighted by atomic mass is 19.1. The molecule has 1 amide bonds. The van der Waals surface area contributed by atoms with Crippen molar-refractivity contribution < 1.29 is 27.8 Å². The first-order chi connectivity index (χ1) is 14.9. The van der Waals surface area contributed by atoms with Crippen molar-refractivity contribution in [3.8, 4) is 11.5 Å². The van der Waals surface area contributed by atoms with Crippen LogP contribution < -0.4 is 9.47 Å². The highest BCUT2D eigenvalue weighted by molar-refractivity contribution is 5.98. The Kier molecular flexibility index (Phi) is 7.39. The van der Waals surface area contributed by atoms with E-state index < -0.39 is 23.3 Å². The van der Waals surface area contributed by atoms with Gasteiger partial charge in [-0.25, -0.2) is 8.78 Å². The first kappa shape index (κ1) is 22.5. The van der Waals surface area contributed by atoms with Crippen LogP contribution in [0.1, 0.15) is 35.7 Å². The molecule has 1 aliphatic rings. The molecule has 7 heteroatoms. The zero-order chi connectivity index (χ0) is 22.4. The van der Waals surface area contributed by atoms with Crippen LogP contribution >= 0.6 is 0 Å². The maximum Gasteiger partial charge on any atom is 0.260 e. The van der Waals surface area contributed by atoms with E-state index in [1.54, 1.807) is 11.0 Å². The van der Waals surface area contributed by atoms with Gasteiger partial charge in [-0.05, 0) is 55.7 Å². The molecule has 0 unspecified atom stereocenters. The fraction of sp³-hybridized carbons (Fsp3) is 0.333. The molecule has 31 heavy (non-hydrogen) atoms. The van der Waals surface area contributed by atoms with E-state index in [1.807, 2.05) is 31.2 Å². The fourth-order valence-corrected chi connectivity index (χ4v) is 3.63. The molecule has 0 bridgehead atoms. The molecule has 2 aromatic rings. The Morgan fingerprint density at radius 1 is 1.10 bits per heavy atom. The standard InChI is InChI=1S/C24H25F2NO4/c1-3-4-16-5-8-21(22(13-16)30-2)31-15-23(28)27-11-9-17(10-12-27)24(29)19-14-18(25)6-7-20(19)26/h3-8,13-14,17H,9-12,15H2,1-2H3/b4-3+. The van der Waals surface area contributed by atoms with E-state index in [0.29, 0.717) is 37.4 Å². The number of ether oxygens (including phenoxy) is 2. The number of nitrogens with zero attached hydrogens (tertiary/aromatic N) is 1. The van der Waals surface area contributed by atoms with E-state index >= 15 is 0 Å². The molecule has 0 aliphatic carbocycles. The summed E-state index contributed by atoms with van der Waals surface area (Å²) in [5.74, 6) is -1.45. The third-order valence-electron chi connectivity index (χ3n) is 5.31. The lowest BCUT2D eigenvalue weighted by Gasteiger charge is -2.31. The maximum absolute atomic E-state index is 13.9. The highest BCUT2D eigenvalue weighted by Crippen LogP contribution is 2.29. The average Bonchev–Trinajstić information content (AvgIpc) is 2.79. The predicted molar refractivity (Wildman–Crippen MR) is 113 cm³/mol. The van der Waals surface area contributed by atoms with Crippen LogP contribution in [-0.2, 0) is 4.79 Å². The molecule has 3 rings (SSSR count). The van der Waals surface area contributed by atoms with E-state index in [1.165, 1.54) is 7.11 Å². The van der Waals surface area contributed by atoms with Gasteiger partial charge < -0.3 is 14.4 Å². The molecular weight excluding hydrogens is 404 g/mol. The number of carbonyl (C=O) groups is 2. The van der Waals surface area contributed by atoms with Gasteiger partial charge >= 0.3 is 0 Å². The molecule has 164 valence electrons. The summed E-state index contributed by atoms with van der Waals surface area (Å²) in [5.41, 5.74) is 0.723. The molecule has 1 saturated heterocycles. The summed E-state index contributed by atoms with van der Waals surface area (Å²) in [6.07, 6.45) is 4.62. The lowest BCUT2D eigenvalue weighted by atomic mass is 9.88. The van der Waals surface area contributed by atoms with Crippen LogP contribution in [0, 0.1) is 17.6 Å². The number of benzene rings is 2. The maximum atomic E-state index is 13.9. The van der Waals surface area contributed by atoms with Crippen molar-refractivity contribution in [2.24, 2.45) is 5.92 Å². The first-order valence-electron chi connectivity index (χ1n) is 10.1. The van der Waals surface area contributed by atoms with E-state index in [2.05, 4.69) is 0 Å². The first-order valence-corrected chi connectivity index (χ1v) is 10.1. The van der Waals surface area contributed by atoms with E-state index in [-0.39, 0.29) is 18.1 Å². The quantitative estimate of drug-likeness (QED) is 0.608. The Morgan fingerprint density at radius 3 is 2.52 bits per heavy atom. The van der Waals surface area contributed by atoms with Gasteiger partial charge in [-0.3, -0.25) is 9.59 Å². The number of likely N-dealkylation sites (tertiary alicyclic amines) is 1. The zero-order valence-electron chi connectivity index (χ0n) is 17.6. The van der Waals surface area contributed by atoms with Gasteiger partial charge in [0.25, 0.3) is 5.91 Å². The molecule has 1 aliphatic heterocycles. The number of hydrogen-bond acceptors (Lipinski definition) is 4. The van der Waals surface area contributed by atoms with Crippen LogP contribution in [0.3, 0.4) is 0 Å². The minimum atomic E-state index is -0.729. The van der Waals surface area contributed by atoms with Gasteiger partial charge in [0.2, 0.25) is 0 Å². The second kappa shape index (κ2) is 10.2. The lowest BCUT2D eigenvalue weighted by molar-refractivity contribution is -0.134. The van der Waals surface area contributed by atoms with E-state index in [4.69, 9.17) is 9.47 Å². The summed E-state index contributed by atoms with van der Waals surface area (Å²) in [5, 5.41) is 0. The minimum absolute atomic E-state index is 0.156. The van der Waals surface area contributed by atoms with Gasteiger partial charge in [0.05, 0.1) is 12.7 Å². The molecule has 0 saturated carbocycles. The van der Waals surface area contributed by atoms with Crippen LogP contribution in [0.15, 0.2) is 42.5 Å².